The molecule has 1 atom stereocenters. The molecule has 0 saturated heterocycles. The zero-order valence-corrected chi connectivity index (χ0v) is 15.1. The molecule has 0 aliphatic rings. The lowest BCUT2D eigenvalue weighted by Crippen LogP contribution is -2.27. The minimum Gasteiger partial charge on any atom is -0.497 e. The Balaban J connectivity index is 2.18. The van der Waals surface area contributed by atoms with Gasteiger partial charge in [-0.05, 0) is 37.5 Å². The number of hydrogen-bond donors (Lipinski definition) is 1. The zero-order valence-electron chi connectivity index (χ0n) is 15.1. The molecule has 1 unspecified atom stereocenters. The minimum absolute atomic E-state index is 0.0194. The van der Waals surface area contributed by atoms with Gasteiger partial charge in [-0.2, -0.15) is 5.10 Å². The molecular weight excluding hydrogens is 306 g/mol. The fourth-order valence-corrected chi connectivity index (χ4v) is 2.98. The van der Waals surface area contributed by atoms with Crippen molar-refractivity contribution in [2.24, 2.45) is 0 Å². The van der Waals surface area contributed by atoms with E-state index in [1.807, 2.05) is 32.9 Å². The lowest BCUT2D eigenvalue weighted by Gasteiger charge is -2.22. The highest BCUT2D eigenvalue weighted by Gasteiger charge is 2.22. The summed E-state index contributed by atoms with van der Waals surface area (Å²) in [6, 6.07) is 5.41. The van der Waals surface area contributed by atoms with E-state index in [1.165, 1.54) is 0 Å². The molecule has 0 radical (unpaired) electrons. The summed E-state index contributed by atoms with van der Waals surface area (Å²) in [7, 11) is 4.94. The van der Waals surface area contributed by atoms with Crippen molar-refractivity contribution in [1.82, 2.24) is 10.2 Å². The number of aryl methyl sites for hydroxylation is 2. The highest BCUT2D eigenvalue weighted by Crippen LogP contribution is 2.33. The van der Waals surface area contributed by atoms with Crippen molar-refractivity contribution in [1.29, 1.82) is 0 Å². The predicted molar refractivity (Wildman–Crippen MR) is 94.0 cm³/mol. The number of amides is 1. The van der Waals surface area contributed by atoms with Crippen LogP contribution in [0.2, 0.25) is 0 Å². The molecule has 1 N–H and O–H groups in total. The van der Waals surface area contributed by atoms with E-state index >= 15 is 0 Å². The minimum atomic E-state index is 0.0194. The van der Waals surface area contributed by atoms with Crippen LogP contribution >= 0.6 is 0 Å². The summed E-state index contributed by atoms with van der Waals surface area (Å²) >= 11 is 0. The van der Waals surface area contributed by atoms with E-state index in [2.05, 4.69) is 10.2 Å². The Morgan fingerprint density at radius 3 is 2.54 bits per heavy atom. The number of nitrogens with one attached hydrogen (secondary N) is 1. The Morgan fingerprint density at radius 2 is 2.00 bits per heavy atom. The maximum atomic E-state index is 12.7. The zero-order chi connectivity index (χ0) is 17.9. The van der Waals surface area contributed by atoms with Gasteiger partial charge in [0.1, 0.15) is 11.5 Å². The molecule has 6 heteroatoms. The van der Waals surface area contributed by atoms with Crippen molar-refractivity contribution in [2.75, 3.05) is 26.2 Å². The second kappa shape index (κ2) is 7.38. The molecule has 24 heavy (non-hydrogen) atoms. The number of benzene rings is 1. The van der Waals surface area contributed by atoms with Gasteiger partial charge in [-0.25, -0.2) is 0 Å². The number of carbonyl (C=O) groups excluding carboxylic acids is 1. The summed E-state index contributed by atoms with van der Waals surface area (Å²) in [5.74, 6) is 1.40. The number of ether oxygens (including phenoxy) is 2. The number of rotatable bonds is 6. The van der Waals surface area contributed by atoms with Crippen LogP contribution < -0.4 is 14.4 Å². The first-order valence-electron chi connectivity index (χ1n) is 7.89. The Kier molecular flexibility index (Phi) is 5.49. The van der Waals surface area contributed by atoms with Gasteiger partial charge in [0.15, 0.2) is 0 Å². The van der Waals surface area contributed by atoms with Gasteiger partial charge in [-0.3, -0.25) is 9.89 Å². The summed E-state index contributed by atoms with van der Waals surface area (Å²) < 4.78 is 10.6. The number of anilines is 1. The van der Waals surface area contributed by atoms with E-state index in [1.54, 1.807) is 32.2 Å². The molecule has 0 aliphatic carbocycles. The van der Waals surface area contributed by atoms with Crippen molar-refractivity contribution in [3.63, 3.8) is 0 Å². The molecule has 0 bridgehead atoms. The molecule has 0 saturated carbocycles. The first-order valence-corrected chi connectivity index (χ1v) is 7.89. The van der Waals surface area contributed by atoms with Gasteiger partial charge >= 0.3 is 0 Å². The molecule has 2 aromatic rings. The lowest BCUT2D eigenvalue weighted by atomic mass is 9.95. The van der Waals surface area contributed by atoms with Crippen LogP contribution in [-0.4, -0.2) is 37.4 Å². The predicted octanol–water partition coefficient (Wildman–Crippen LogP) is 3.20. The average Bonchev–Trinajstić information content (AvgIpc) is 2.92. The van der Waals surface area contributed by atoms with E-state index in [0.717, 1.165) is 22.6 Å². The monoisotopic (exact) mass is 331 g/mol. The van der Waals surface area contributed by atoms with Crippen LogP contribution in [0.1, 0.15) is 36.2 Å². The number of H-pyrrole nitrogens is 1. The van der Waals surface area contributed by atoms with Crippen LogP contribution in [0, 0.1) is 13.8 Å². The number of aromatic amines is 1. The molecule has 1 aromatic heterocycles. The topological polar surface area (TPSA) is 67.5 Å². The van der Waals surface area contributed by atoms with Gasteiger partial charge in [0.05, 0.1) is 25.6 Å². The summed E-state index contributed by atoms with van der Waals surface area (Å²) in [6.45, 7) is 5.98. The smallest absolute Gasteiger partial charge is 0.227 e. The molecule has 130 valence electrons. The van der Waals surface area contributed by atoms with Crippen molar-refractivity contribution >= 4 is 11.6 Å². The number of hydrogen-bond acceptors (Lipinski definition) is 4. The second-order valence-electron chi connectivity index (χ2n) is 5.94. The van der Waals surface area contributed by atoms with Crippen molar-refractivity contribution in [2.45, 2.75) is 33.1 Å². The van der Waals surface area contributed by atoms with Crippen LogP contribution in [0.15, 0.2) is 18.2 Å². The molecule has 1 amide bonds. The average molecular weight is 331 g/mol. The first-order chi connectivity index (χ1) is 11.4. The molecule has 1 aromatic carbocycles. The summed E-state index contributed by atoms with van der Waals surface area (Å²) in [6.07, 6.45) is 0.396. The summed E-state index contributed by atoms with van der Waals surface area (Å²) in [5, 5.41) is 7.18. The molecule has 0 aliphatic heterocycles. The standard InChI is InChI=1S/C18H25N3O3/c1-11(18-12(2)19-20-13(18)3)9-17(22)21(4)15-8-7-14(23-5)10-16(15)24-6/h7-8,10-11H,9H2,1-6H3,(H,19,20). The number of aromatic nitrogens is 2. The van der Waals surface area contributed by atoms with Crippen LogP contribution in [0.3, 0.4) is 0 Å². The molecule has 1 heterocycles. The third-order valence-corrected chi connectivity index (χ3v) is 4.28. The molecule has 0 fully saturated rings. The van der Waals surface area contributed by atoms with Gasteiger partial charge in [0.2, 0.25) is 5.91 Å². The first kappa shape index (κ1) is 17.8. The summed E-state index contributed by atoms with van der Waals surface area (Å²) in [5.41, 5.74) is 3.78. The maximum Gasteiger partial charge on any atom is 0.227 e. The molecular formula is C18H25N3O3. The SMILES string of the molecule is COc1ccc(N(C)C(=O)CC(C)c2c(C)n[nH]c2C)c(OC)c1. The number of carbonyl (C=O) groups is 1. The third-order valence-electron chi connectivity index (χ3n) is 4.28. The Bertz CT molecular complexity index is 705. The molecule has 0 spiro atoms. The lowest BCUT2D eigenvalue weighted by molar-refractivity contribution is -0.118. The van der Waals surface area contributed by atoms with Gasteiger partial charge in [-0.1, -0.05) is 6.92 Å². The fraction of sp³-hybridized carbons (Fsp3) is 0.444. The van der Waals surface area contributed by atoms with Crippen molar-refractivity contribution < 1.29 is 14.3 Å². The van der Waals surface area contributed by atoms with E-state index in [4.69, 9.17) is 9.47 Å². The van der Waals surface area contributed by atoms with Gasteiger partial charge in [-0.15, -0.1) is 0 Å². The Labute approximate surface area is 142 Å². The summed E-state index contributed by atoms with van der Waals surface area (Å²) in [4.78, 5) is 14.3. The van der Waals surface area contributed by atoms with Gasteiger partial charge in [0, 0.05) is 25.2 Å². The maximum absolute atomic E-state index is 12.7. The highest BCUT2D eigenvalue weighted by atomic mass is 16.5. The Morgan fingerprint density at radius 1 is 1.29 bits per heavy atom. The van der Waals surface area contributed by atoms with Crippen LogP contribution in [-0.2, 0) is 4.79 Å². The van der Waals surface area contributed by atoms with E-state index in [0.29, 0.717) is 17.9 Å². The van der Waals surface area contributed by atoms with Crippen LogP contribution in [0.4, 0.5) is 5.69 Å². The van der Waals surface area contributed by atoms with Crippen molar-refractivity contribution in [3.8, 4) is 11.5 Å². The Hall–Kier alpha value is -2.50. The van der Waals surface area contributed by atoms with Crippen LogP contribution in [0.25, 0.3) is 0 Å². The van der Waals surface area contributed by atoms with Gasteiger partial charge in [0.25, 0.3) is 0 Å². The third kappa shape index (κ3) is 3.53. The van der Waals surface area contributed by atoms with Gasteiger partial charge < -0.3 is 14.4 Å². The van der Waals surface area contributed by atoms with E-state index in [9.17, 15) is 4.79 Å². The van der Waals surface area contributed by atoms with E-state index < -0.39 is 0 Å². The van der Waals surface area contributed by atoms with Crippen LogP contribution in [0.5, 0.6) is 11.5 Å². The highest BCUT2D eigenvalue weighted by molar-refractivity contribution is 5.95. The number of nitrogens with zero attached hydrogens (tertiary/aromatic N) is 2. The van der Waals surface area contributed by atoms with E-state index in [-0.39, 0.29) is 11.8 Å². The second-order valence-corrected chi connectivity index (χ2v) is 5.94. The van der Waals surface area contributed by atoms with Crippen molar-refractivity contribution in [3.05, 3.63) is 35.2 Å². The number of methoxy groups -OCH3 is 2. The largest absolute Gasteiger partial charge is 0.497 e. The normalized spacial score (nSPS) is 11.9. The quantitative estimate of drug-likeness (QED) is 0.882. The molecule has 6 nitrogen and oxygen atoms in total. The molecule has 2 rings (SSSR count). The fourth-order valence-electron chi connectivity index (χ4n) is 2.98.